The van der Waals surface area contributed by atoms with Crippen molar-refractivity contribution in [3.05, 3.63) is 140 Å². The van der Waals surface area contributed by atoms with Gasteiger partial charge in [-0.25, -0.2) is 15.0 Å². The van der Waals surface area contributed by atoms with Crippen LogP contribution >= 0.6 is 11.3 Å². The third-order valence-electron chi connectivity index (χ3n) is 8.15. The second-order valence-electron chi connectivity index (χ2n) is 10.8. The Morgan fingerprint density at radius 3 is 1.77 bits per heavy atom. The van der Waals surface area contributed by atoms with Gasteiger partial charge >= 0.3 is 0 Å². The van der Waals surface area contributed by atoms with Gasteiger partial charge in [-0.05, 0) is 35.4 Å². The van der Waals surface area contributed by atoms with E-state index in [-0.39, 0.29) is 0 Å². The highest BCUT2D eigenvalue weighted by Gasteiger charge is 2.18. The monoisotopic (exact) mass is 581 g/mol. The number of nitrogens with zero attached hydrogens (tertiary/aromatic N) is 3. The van der Waals surface area contributed by atoms with Gasteiger partial charge in [-0.15, -0.1) is 11.3 Å². The number of rotatable bonds is 4. The molecule has 6 aromatic carbocycles. The number of furan rings is 1. The van der Waals surface area contributed by atoms with Gasteiger partial charge in [0.15, 0.2) is 17.5 Å². The fourth-order valence-electron chi connectivity index (χ4n) is 5.99. The van der Waals surface area contributed by atoms with Crippen molar-refractivity contribution >= 4 is 53.4 Å². The second-order valence-corrected chi connectivity index (χ2v) is 11.9. The Bertz CT molecular complexity index is 2500. The average Bonchev–Trinajstić information content (AvgIpc) is 3.66. The lowest BCUT2D eigenvalue weighted by Crippen LogP contribution is -2.00. The minimum atomic E-state index is 0.586. The number of thiophene rings is 1. The first-order chi connectivity index (χ1) is 21.8. The summed E-state index contributed by atoms with van der Waals surface area (Å²) < 4.78 is 8.82. The minimum Gasteiger partial charge on any atom is -0.455 e. The molecule has 3 aromatic heterocycles. The van der Waals surface area contributed by atoms with E-state index in [0.717, 1.165) is 38.6 Å². The van der Waals surface area contributed by atoms with Gasteiger partial charge in [0, 0.05) is 42.1 Å². The number of fused-ring (bicyclic) bond motifs is 6. The van der Waals surface area contributed by atoms with Crippen molar-refractivity contribution in [2.75, 3.05) is 0 Å². The molecule has 0 unspecified atom stereocenters. The molecule has 3 heterocycles. The maximum atomic E-state index is 6.36. The molecule has 0 radical (unpaired) electrons. The minimum absolute atomic E-state index is 0.586. The molecule has 0 amide bonds. The molecule has 9 aromatic rings. The molecule has 0 atom stereocenters. The molecule has 9 rings (SSSR count). The van der Waals surface area contributed by atoms with Crippen molar-refractivity contribution in [1.82, 2.24) is 15.0 Å². The molecule has 0 aliphatic carbocycles. The Hall–Kier alpha value is -5.65. The molecule has 0 saturated heterocycles. The van der Waals surface area contributed by atoms with E-state index in [2.05, 4.69) is 78.9 Å². The van der Waals surface area contributed by atoms with Crippen molar-refractivity contribution < 1.29 is 4.42 Å². The third kappa shape index (κ3) is 4.09. The normalized spacial score (nSPS) is 11.6. The van der Waals surface area contributed by atoms with E-state index in [4.69, 9.17) is 19.4 Å². The van der Waals surface area contributed by atoms with E-state index < -0.39 is 0 Å². The Balaban J connectivity index is 1.22. The van der Waals surface area contributed by atoms with Crippen LogP contribution in [0.25, 0.3) is 87.4 Å². The molecular weight excluding hydrogens is 559 g/mol. The molecule has 44 heavy (non-hydrogen) atoms. The highest BCUT2D eigenvalue weighted by atomic mass is 32.1. The fourth-order valence-corrected chi connectivity index (χ4v) is 7.18. The molecule has 0 fully saturated rings. The van der Waals surface area contributed by atoms with Crippen LogP contribution in [0.2, 0.25) is 0 Å². The largest absolute Gasteiger partial charge is 0.455 e. The molecular formula is C39H23N3OS. The fraction of sp³-hybridized carbons (Fsp3) is 0. The summed E-state index contributed by atoms with van der Waals surface area (Å²) in [4.78, 5) is 15.0. The highest BCUT2D eigenvalue weighted by molar-refractivity contribution is 7.25. The highest BCUT2D eigenvalue weighted by Crippen LogP contribution is 2.39. The molecule has 0 saturated carbocycles. The number of para-hydroxylation sites is 2. The summed E-state index contributed by atoms with van der Waals surface area (Å²) in [5.41, 5.74) is 6.79. The second kappa shape index (κ2) is 9.97. The van der Waals surface area contributed by atoms with Gasteiger partial charge in [0.05, 0.1) is 5.56 Å². The SMILES string of the molecule is c1ccc(-c2ccc3c(c2)sc2cc(-c4nc(-c5ccccc5)nc(-c5cccc6c5oc5ccccc56)n4)ccc23)cc1. The number of aromatic nitrogens is 3. The van der Waals surface area contributed by atoms with E-state index in [0.29, 0.717) is 17.5 Å². The lowest BCUT2D eigenvalue weighted by molar-refractivity contribution is 0.669. The van der Waals surface area contributed by atoms with E-state index in [1.165, 1.54) is 31.3 Å². The van der Waals surface area contributed by atoms with Crippen molar-refractivity contribution in [2.45, 2.75) is 0 Å². The first-order valence-corrected chi connectivity index (χ1v) is 15.3. The smallest absolute Gasteiger partial charge is 0.167 e. The summed E-state index contributed by atoms with van der Waals surface area (Å²) in [6, 6.07) is 48.1. The molecule has 0 N–H and O–H groups in total. The Kier molecular flexibility index (Phi) is 5.64. The third-order valence-corrected chi connectivity index (χ3v) is 9.27. The van der Waals surface area contributed by atoms with Crippen molar-refractivity contribution in [2.24, 2.45) is 0 Å². The molecule has 5 heteroatoms. The average molecular weight is 582 g/mol. The lowest BCUT2D eigenvalue weighted by Gasteiger charge is -2.09. The quantitative estimate of drug-likeness (QED) is 0.207. The predicted molar refractivity (Wildman–Crippen MR) is 182 cm³/mol. The van der Waals surface area contributed by atoms with Crippen LogP contribution in [0.3, 0.4) is 0 Å². The van der Waals surface area contributed by atoms with Gasteiger partial charge in [-0.3, -0.25) is 0 Å². The first-order valence-electron chi connectivity index (χ1n) is 14.5. The van der Waals surface area contributed by atoms with Crippen LogP contribution in [0.5, 0.6) is 0 Å². The van der Waals surface area contributed by atoms with E-state index >= 15 is 0 Å². The van der Waals surface area contributed by atoms with Crippen molar-refractivity contribution in [3.63, 3.8) is 0 Å². The number of hydrogen-bond acceptors (Lipinski definition) is 5. The summed E-state index contributed by atoms with van der Waals surface area (Å²) in [6.45, 7) is 0. The molecule has 0 aliphatic heterocycles. The summed E-state index contributed by atoms with van der Waals surface area (Å²) in [7, 11) is 0. The zero-order valence-corrected chi connectivity index (χ0v) is 24.3. The molecule has 206 valence electrons. The topological polar surface area (TPSA) is 51.8 Å². The van der Waals surface area contributed by atoms with Crippen LogP contribution < -0.4 is 0 Å². The van der Waals surface area contributed by atoms with Crippen LogP contribution in [-0.2, 0) is 0 Å². The summed E-state index contributed by atoms with van der Waals surface area (Å²) >= 11 is 1.80. The van der Waals surface area contributed by atoms with Crippen molar-refractivity contribution in [1.29, 1.82) is 0 Å². The van der Waals surface area contributed by atoms with Crippen LogP contribution in [0, 0.1) is 0 Å². The molecule has 0 spiro atoms. The van der Waals surface area contributed by atoms with E-state index in [1.54, 1.807) is 11.3 Å². The zero-order chi connectivity index (χ0) is 29.0. The van der Waals surface area contributed by atoms with Crippen LogP contribution in [0.15, 0.2) is 144 Å². The molecule has 0 aliphatic rings. The van der Waals surface area contributed by atoms with Gasteiger partial charge in [-0.1, -0.05) is 115 Å². The standard InChI is InChI=1S/C39H23N3OS/c1-3-10-24(11-4-1)26-18-20-29-30-21-19-27(23-35(30)44-34(29)22-26)38-40-37(25-12-5-2-6-13-25)41-39(42-38)32-16-9-15-31-28-14-7-8-17-33(28)43-36(31)32/h1-23H. The summed E-state index contributed by atoms with van der Waals surface area (Å²) in [5, 5.41) is 4.61. The van der Waals surface area contributed by atoms with Crippen LogP contribution in [0.4, 0.5) is 0 Å². The maximum absolute atomic E-state index is 6.36. The Morgan fingerprint density at radius 1 is 0.409 bits per heavy atom. The van der Waals surface area contributed by atoms with Gasteiger partial charge in [0.1, 0.15) is 11.2 Å². The zero-order valence-electron chi connectivity index (χ0n) is 23.4. The summed E-state index contributed by atoms with van der Waals surface area (Å²) in [6.07, 6.45) is 0. The van der Waals surface area contributed by atoms with Gasteiger partial charge in [-0.2, -0.15) is 0 Å². The van der Waals surface area contributed by atoms with Crippen LogP contribution in [-0.4, -0.2) is 15.0 Å². The Morgan fingerprint density at radius 2 is 1.00 bits per heavy atom. The first kappa shape index (κ1) is 24.9. The maximum Gasteiger partial charge on any atom is 0.167 e. The number of hydrogen-bond donors (Lipinski definition) is 0. The number of benzene rings is 6. The van der Waals surface area contributed by atoms with E-state index in [9.17, 15) is 0 Å². The van der Waals surface area contributed by atoms with Crippen molar-refractivity contribution in [3.8, 4) is 45.3 Å². The van der Waals surface area contributed by atoms with E-state index in [1.807, 2.05) is 60.7 Å². The Labute approximate surface area is 256 Å². The molecule has 4 nitrogen and oxygen atoms in total. The van der Waals surface area contributed by atoms with Gasteiger partial charge < -0.3 is 4.42 Å². The van der Waals surface area contributed by atoms with Gasteiger partial charge in [0.2, 0.25) is 0 Å². The lowest BCUT2D eigenvalue weighted by atomic mass is 10.0. The predicted octanol–water partition coefficient (Wildman–Crippen LogP) is 10.8. The van der Waals surface area contributed by atoms with Crippen LogP contribution in [0.1, 0.15) is 0 Å². The molecule has 0 bridgehead atoms. The summed E-state index contributed by atoms with van der Waals surface area (Å²) in [5.74, 6) is 1.84. The van der Waals surface area contributed by atoms with Gasteiger partial charge in [0.25, 0.3) is 0 Å².